The van der Waals surface area contributed by atoms with Crippen molar-refractivity contribution in [3.8, 4) is 0 Å². The number of likely N-dealkylation sites (tertiary alicyclic amines) is 1. The van der Waals surface area contributed by atoms with Crippen LogP contribution in [-0.2, 0) is 18.4 Å². The number of hydrogen-bond donors (Lipinski definition) is 2. The van der Waals surface area contributed by atoms with Crippen molar-refractivity contribution in [1.82, 2.24) is 4.90 Å². The lowest BCUT2D eigenvalue weighted by Gasteiger charge is -2.24. The Kier molecular flexibility index (Phi) is 7.84. The molecule has 1 unspecified atom stereocenters. The molecule has 0 saturated carbocycles. The van der Waals surface area contributed by atoms with E-state index in [1.54, 1.807) is 4.90 Å². The van der Waals surface area contributed by atoms with E-state index in [4.69, 9.17) is 4.52 Å². The Balaban J connectivity index is 2.46. The molecule has 0 radical (unpaired) electrons. The number of nitrogens with zero attached hydrogens (tertiary/aromatic N) is 1. The second-order valence-electron chi connectivity index (χ2n) is 5.35. The predicted octanol–water partition coefficient (Wildman–Crippen LogP) is 1.68. The molecule has 1 heterocycles. The van der Waals surface area contributed by atoms with Gasteiger partial charge in [0.25, 0.3) is 0 Å². The molecule has 0 aromatic rings. The van der Waals surface area contributed by atoms with E-state index in [0.29, 0.717) is 12.8 Å². The van der Waals surface area contributed by atoms with Crippen LogP contribution < -0.4 is 0 Å². The first-order valence-electron chi connectivity index (χ1n) is 7.40. The lowest BCUT2D eigenvalue weighted by Crippen LogP contribution is -2.38. The van der Waals surface area contributed by atoms with E-state index in [1.165, 1.54) is 0 Å². The molecule has 7 nitrogen and oxygen atoms in total. The molecular weight excluding hydrogens is 297 g/mol. The number of phosphoric acid groups is 1. The number of rotatable bonds is 9. The minimum absolute atomic E-state index is 0.0403. The quantitative estimate of drug-likeness (QED) is 0.495. The van der Waals surface area contributed by atoms with Gasteiger partial charge in [0, 0.05) is 20.1 Å². The lowest BCUT2D eigenvalue weighted by atomic mass is 10.1. The summed E-state index contributed by atoms with van der Waals surface area (Å²) in [4.78, 5) is 22.9. The summed E-state index contributed by atoms with van der Waals surface area (Å²) < 4.78 is 20.4. The van der Waals surface area contributed by atoms with E-state index < -0.39 is 13.9 Å². The normalized spacial score (nSPS) is 25.0. The van der Waals surface area contributed by atoms with Crippen molar-refractivity contribution < 1.29 is 28.4 Å². The van der Waals surface area contributed by atoms with Crippen LogP contribution in [0.5, 0.6) is 0 Å². The van der Waals surface area contributed by atoms with Gasteiger partial charge in [-0.3, -0.25) is 13.8 Å². The lowest BCUT2D eigenvalue weighted by molar-refractivity contribution is -0.133. The van der Waals surface area contributed by atoms with Gasteiger partial charge in [0.15, 0.2) is 0 Å². The Hall–Kier alpha value is -0.460. The average Bonchev–Trinajstić information content (AvgIpc) is 2.82. The third-order valence-corrected chi connectivity index (χ3v) is 4.55. The topological polar surface area (TPSA) is 96.3 Å². The summed E-state index contributed by atoms with van der Waals surface area (Å²) >= 11 is 0. The van der Waals surface area contributed by atoms with Crippen LogP contribution in [0.15, 0.2) is 0 Å². The molecule has 1 aliphatic heterocycles. The first kappa shape index (κ1) is 18.6. The van der Waals surface area contributed by atoms with Gasteiger partial charge in [0.1, 0.15) is 0 Å². The zero-order valence-corrected chi connectivity index (χ0v) is 13.6. The van der Waals surface area contributed by atoms with Gasteiger partial charge in [-0.25, -0.2) is 4.57 Å². The first-order valence-corrected chi connectivity index (χ1v) is 8.89. The fourth-order valence-corrected chi connectivity index (χ4v) is 2.90. The van der Waals surface area contributed by atoms with E-state index in [0.717, 1.165) is 32.8 Å². The maximum Gasteiger partial charge on any atom is 0.471 e. The number of hydrogen-bond acceptors (Lipinski definition) is 5. The van der Waals surface area contributed by atoms with Crippen LogP contribution in [0.4, 0.5) is 0 Å². The maximum atomic E-state index is 12.2. The highest BCUT2D eigenvalue weighted by Gasteiger charge is 2.35. The highest BCUT2D eigenvalue weighted by atomic mass is 31.2. The van der Waals surface area contributed by atoms with Gasteiger partial charge in [-0.2, -0.15) is 0 Å². The van der Waals surface area contributed by atoms with E-state index in [9.17, 15) is 19.4 Å². The molecule has 1 amide bonds. The van der Waals surface area contributed by atoms with E-state index in [2.05, 4.69) is 11.4 Å². The minimum atomic E-state index is -4.05. The molecular formula is C13H26NO6P. The van der Waals surface area contributed by atoms with E-state index in [-0.39, 0.29) is 25.1 Å². The molecule has 0 spiro atoms. The summed E-state index contributed by atoms with van der Waals surface area (Å²) in [5.41, 5.74) is 0. The second kappa shape index (κ2) is 8.86. The van der Waals surface area contributed by atoms with Crippen LogP contribution in [0.3, 0.4) is 0 Å². The summed E-state index contributed by atoms with van der Waals surface area (Å²) in [7, 11) is -2.97. The van der Waals surface area contributed by atoms with Gasteiger partial charge < -0.3 is 14.9 Å². The highest BCUT2D eigenvalue weighted by Crippen LogP contribution is 2.42. The molecule has 3 atom stereocenters. The van der Waals surface area contributed by atoms with Gasteiger partial charge in [-0.15, -0.1) is 0 Å². The molecule has 21 heavy (non-hydrogen) atoms. The molecule has 1 fully saturated rings. The van der Waals surface area contributed by atoms with Gasteiger partial charge in [-0.1, -0.05) is 26.2 Å². The largest absolute Gasteiger partial charge is 0.471 e. The SMILES string of the molecule is CCCCCCC(=O)N1C[C@H](O)C[C@H]1COP(=O)(O)OC. The molecule has 1 saturated heterocycles. The van der Waals surface area contributed by atoms with Gasteiger partial charge in [0.05, 0.1) is 18.8 Å². The molecule has 0 aromatic carbocycles. The molecule has 2 N–H and O–H groups in total. The Morgan fingerprint density at radius 3 is 2.71 bits per heavy atom. The van der Waals surface area contributed by atoms with Crippen LogP contribution in [0, 0.1) is 0 Å². The Labute approximate surface area is 125 Å². The molecule has 0 bridgehead atoms. The fraction of sp³-hybridized carbons (Fsp3) is 0.923. The van der Waals surface area contributed by atoms with Crippen molar-refractivity contribution in [1.29, 1.82) is 0 Å². The number of aliphatic hydroxyl groups is 1. The van der Waals surface area contributed by atoms with Crippen molar-refractivity contribution in [2.45, 2.75) is 57.6 Å². The number of amides is 1. The maximum absolute atomic E-state index is 12.2. The monoisotopic (exact) mass is 323 g/mol. The van der Waals surface area contributed by atoms with Crippen molar-refractivity contribution in [3.05, 3.63) is 0 Å². The summed E-state index contributed by atoms with van der Waals surface area (Å²) in [6.45, 7) is 2.25. The average molecular weight is 323 g/mol. The van der Waals surface area contributed by atoms with Gasteiger partial charge in [-0.05, 0) is 12.8 Å². The zero-order chi connectivity index (χ0) is 15.9. The van der Waals surface area contributed by atoms with Crippen molar-refractivity contribution in [2.24, 2.45) is 0 Å². The van der Waals surface area contributed by atoms with Crippen LogP contribution in [0.2, 0.25) is 0 Å². The number of carbonyl (C=O) groups is 1. The smallest absolute Gasteiger partial charge is 0.391 e. The van der Waals surface area contributed by atoms with Gasteiger partial charge >= 0.3 is 7.82 Å². The number of carbonyl (C=O) groups excluding carboxylic acids is 1. The van der Waals surface area contributed by atoms with E-state index in [1.807, 2.05) is 0 Å². The third-order valence-electron chi connectivity index (χ3n) is 3.62. The highest BCUT2D eigenvalue weighted by molar-refractivity contribution is 7.47. The Morgan fingerprint density at radius 2 is 2.10 bits per heavy atom. The van der Waals surface area contributed by atoms with Crippen LogP contribution in [0.1, 0.15) is 45.4 Å². The molecule has 0 aromatic heterocycles. The molecule has 1 aliphatic rings. The Bertz CT molecular complexity index is 378. The Morgan fingerprint density at radius 1 is 1.38 bits per heavy atom. The van der Waals surface area contributed by atoms with Crippen molar-refractivity contribution >= 4 is 13.7 Å². The minimum Gasteiger partial charge on any atom is -0.391 e. The fourth-order valence-electron chi connectivity index (χ4n) is 2.43. The summed E-state index contributed by atoms with van der Waals surface area (Å²) in [5, 5.41) is 9.70. The van der Waals surface area contributed by atoms with Crippen LogP contribution in [0.25, 0.3) is 0 Å². The molecule has 0 aliphatic carbocycles. The standard InChI is InChI=1S/C13H26NO6P/c1-3-4-5-6-7-13(16)14-9-12(15)8-11(14)10-20-21(17,18)19-2/h11-12,15H,3-10H2,1-2H3,(H,17,18)/t11-,12+/m0/s1. The second-order valence-corrected chi connectivity index (χ2v) is 6.91. The predicted molar refractivity (Wildman–Crippen MR) is 77.7 cm³/mol. The molecule has 1 rings (SSSR count). The van der Waals surface area contributed by atoms with Crippen molar-refractivity contribution in [3.63, 3.8) is 0 Å². The van der Waals surface area contributed by atoms with Crippen molar-refractivity contribution in [2.75, 3.05) is 20.3 Å². The third kappa shape index (κ3) is 6.45. The van der Waals surface area contributed by atoms with Crippen LogP contribution >= 0.6 is 7.82 Å². The number of phosphoric ester groups is 1. The zero-order valence-electron chi connectivity index (χ0n) is 12.7. The summed E-state index contributed by atoms with van der Waals surface area (Å²) in [5.74, 6) is -0.0403. The number of unbranched alkanes of at least 4 members (excludes halogenated alkanes) is 3. The molecule has 8 heteroatoms. The number of aliphatic hydroxyl groups excluding tert-OH is 1. The summed E-state index contributed by atoms with van der Waals surface area (Å²) in [6.07, 6.45) is 4.21. The molecule has 124 valence electrons. The van der Waals surface area contributed by atoms with Crippen LogP contribution in [-0.4, -0.2) is 53.2 Å². The first-order chi connectivity index (χ1) is 9.89. The van der Waals surface area contributed by atoms with Gasteiger partial charge in [0.2, 0.25) is 5.91 Å². The number of β-amino-alcohol motifs (C(OH)–C–C–N with tert-alkyl or cyclic N) is 1. The van der Waals surface area contributed by atoms with E-state index >= 15 is 0 Å². The summed E-state index contributed by atoms with van der Waals surface area (Å²) in [6, 6.07) is -0.380.